The van der Waals surface area contributed by atoms with Gasteiger partial charge in [-0.15, -0.1) is 0 Å². The number of hydrogen-bond acceptors (Lipinski definition) is 6. The van der Waals surface area contributed by atoms with Crippen molar-refractivity contribution in [1.29, 1.82) is 0 Å². The van der Waals surface area contributed by atoms with Crippen LogP contribution in [0.5, 0.6) is 0 Å². The summed E-state index contributed by atoms with van der Waals surface area (Å²) in [5.41, 5.74) is 0. The van der Waals surface area contributed by atoms with Crippen LogP contribution < -0.4 is 5.32 Å². The monoisotopic (exact) mass is 376 g/mol. The van der Waals surface area contributed by atoms with Gasteiger partial charge in [0.25, 0.3) is 5.91 Å². The van der Waals surface area contributed by atoms with Crippen LogP contribution in [0.4, 0.5) is 4.39 Å². The third-order valence-corrected chi connectivity index (χ3v) is 4.97. The van der Waals surface area contributed by atoms with E-state index in [4.69, 9.17) is 9.47 Å². The van der Waals surface area contributed by atoms with Crippen molar-refractivity contribution in [3.8, 4) is 0 Å². The first-order valence-electron chi connectivity index (χ1n) is 7.36. The van der Waals surface area contributed by atoms with E-state index in [0.717, 1.165) is 28.6 Å². The van der Waals surface area contributed by atoms with E-state index < -0.39 is 40.4 Å². The molecule has 1 N–H and O–H groups in total. The van der Waals surface area contributed by atoms with Crippen molar-refractivity contribution in [2.24, 2.45) is 0 Å². The molecule has 0 saturated carbocycles. The molecular weight excluding hydrogens is 355 g/mol. The fourth-order valence-electron chi connectivity index (χ4n) is 1.76. The number of rotatable bonds is 9. The zero-order chi connectivity index (χ0) is 19.0. The topological polar surface area (TPSA) is 102 Å². The van der Waals surface area contributed by atoms with Gasteiger partial charge in [0.05, 0.1) is 11.5 Å². The SMILES string of the molecule is COCCNC(=O)[C@@H](C)OC(=O)CN(C)S(=O)(=O)c1ccc(F)cc1. The number of nitrogens with one attached hydrogen (secondary N) is 1. The molecule has 1 aromatic rings. The lowest BCUT2D eigenvalue weighted by molar-refractivity contribution is -0.154. The van der Waals surface area contributed by atoms with E-state index >= 15 is 0 Å². The molecule has 0 radical (unpaired) electrons. The molecule has 1 aromatic carbocycles. The number of nitrogens with zero attached hydrogens (tertiary/aromatic N) is 1. The minimum Gasteiger partial charge on any atom is -0.452 e. The van der Waals surface area contributed by atoms with E-state index in [-0.39, 0.29) is 11.4 Å². The molecule has 10 heteroatoms. The molecule has 0 aliphatic rings. The number of ether oxygens (including phenoxy) is 2. The molecule has 0 bridgehead atoms. The predicted octanol–water partition coefficient (Wildman–Crippen LogP) is 0.141. The van der Waals surface area contributed by atoms with Crippen LogP contribution in [-0.2, 0) is 29.1 Å². The predicted molar refractivity (Wildman–Crippen MR) is 86.7 cm³/mol. The second-order valence-corrected chi connectivity index (χ2v) is 7.18. The molecule has 0 heterocycles. The lowest BCUT2D eigenvalue weighted by Gasteiger charge is -2.18. The van der Waals surface area contributed by atoms with Gasteiger partial charge in [-0.3, -0.25) is 9.59 Å². The van der Waals surface area contributed by atoms with Gasteiger partial charge in [-0.1, -0.05) is 0 Å². The molecule has 0 saturated heterocycles. The zero-order valence-corrected chi connectivity index (χ0v) is 15.0. The average molecular weight is 376 g/mol. The Balaban J connectivity index is 2.60. The fraction of sp³-hybridized carbons (Fsp3) is 0.467. The summed E-state index contributed by atoms with van der Waals surface area (Å²) in [6.45, 7) is 1.35. The van der Waals surface area contributed by atoms with Gasteiger partial charge in [0, 0.05) is 20.7 Å². The highest BCUT2D eigenvalue weighted by Crippen LogP contribution is 2.14. The molecule has 0 spiro atoms. The number of carbonyl (C=O) groups is 2. The Morgan fingerprint density at radius 2 is 1.88 bits per heavy atom. The highest BCUT2D eigenvalue weighted by molar-refractivity contribution is 7.89. The Hall–Kier alpha value is -2.04. The van der Waals surface area contributed by atoms with Crippen molar-refractivity contribution < 1.29 is 31.9 Å². The largest absolute Gasteiger partial charge is 0.452 e. The third-order valence-electron chi connectivity index (χ3n) is 3.16. The minimum absolute atomic E-state index is 0.158. The molecule has 0 aliphatic carbocycles. The number of hydrogen-bond donors (Lipinski definition) is 1. The minimum atomic E-state index is -3.98. The van der Waals surface area contributed by atoms with Gasteiger partial charge in [-0.05, 0) is 31.2 Å². The molecule has 25 heavy (non-hydrogen) atoms. The molecule has 1 atom stereocenters. The molecule has 140 valence electrons. The number of methoxy groups -OCH3 is 1. The zero-order valence-electron chi connectivity index (χ0n) is 14.2. The summed E-state index contributed by atoms with van der Waals surface area (Å²) < 4.78 is 47.9. The number of esters is 1. The van der Waals surface area contributed by atoms with Gasteiger partial charge in [0.1, 0.15) is 12.4 Å². The highest BCUT2D eigenvalue weighted by Gasteiger charge is 2.25. The van der Waals surface area contributed by atoms with E-state index in [9.17, 15) is 22.4 Å². The molecule has 0 unspecified atom stereocenters. The van der Waals surface area contributed by atoms with Crippen LogP contribution in [0.1, 0.15) is 6.92 Å². The van der Waals surface area contributed by atoms with E-state index in [1.165, 1.54) is 21.1 Å². The van der Waals surface area contributed by atoms with Crippen molar-refractivity contribution in [3.63, 3.8) is 0 Å². The second kappa shape index (κ2) is 9.44. The second-order valence-electron chi connectivity index (χ2n) is 5.13. The van der Waals surface area contributed by atoms with E-state index in [1.54, 1.807) is 0 Å². The summed E-state index contributed by atoms with van der Waals surface area (Å²) in [6, 6.07) is 4.20. The lowest BCUT2D eigenvalue weighted by atomic mass is 10.3. The number of carbonyl (C=O) groups excluding carboxylic acids is 2. The van der Waals surface area contributed by atoms with E-state index in [2.05, 4.69) is 5.32 Å². The average Bonchev–Trinajstić information content (AvgIpc) is 2.55. The summed E-state index contributed by atoms with van der Waals surface area (Å²) in [5.74, 6) is -1.98. The lowest BCUT2D eigenvalue weighted by Crippen LogP contribution is -2.40. The molecule has 0 fully saturated rings. The number of likely N-dealkylation sites (N-methyl/N-ethyl adjacent to an activating group) is 1. The first-order chi connectivity index (χ1) is 11.7. The summed E-state index contributed by atoms with van der Waals surface area (Å²) in [7, 11) is -1.31. The quantitative estimate of drug-likeness (QED) is 0.486. The maximum Gasteiger partial charge on any atom is 0.322 e. The van der Waals surface area contributed by atoms with Crippen LogP contribution >= 0.6 is 0 Å². The number of halogens is 1. The Kier molecular flexibility index (Phi) is 7.94. The summed E-state index contributed by atoms with van der Waals surface area (Å²) in [4.78, 5) is 23.4. The highest BCUT2D eigenvalue weighted by atomic mass is 32.2. The normalized spacial score (nSPS) is 12.7. The summed E-state index contributed by atoms with van der Waals surface area (Å²) in [6.07, 6.45) is -1.08. The van der Waals surface area contributed by atoms with Crippen LogP contribution in [0.15, 0.2) is 29.2 Å². The van der Waals surface area contributed by atoms with Gasteiger partial charge in [-0.2, -0.15) is 4.31 Å². The van der Waals surface area contributed by atoms with Crippen molar-refractivity contribution in [3.05, 3.63) is 30.1 Å². The molecule has 8 nitrogen and oxygen atoms in total. The molecule has 1 amide bonds. The fourth-order valence-corrected chi connectivity index (χ4v) is 2.88. The first-order valence-corrected chi connectivity index (χ1v) is 8.80. The molecule has 0 aliphatic heterocycles. The van der Waals surface area contributed by atoms with Gasteiger partial charge >= 0.3 is 5.97 Å². The van der Waals surface area contributed by atoms with Crippen molar-refractivity contribution in [2.45, 2.75) is 17.9 Å². The number of sulfonamides is 1. The number of amides is 1. The maximum atomic E-state index is 12.9. The molecule has 0 aromatic heterocycles. The number of benzene rings is 1. The van der Waals surface area contributed by atoms with Gasteiger partial charge in [-0.25, -0.2) is 12.8 Å². The van der Waals surface area contributed by atoms with Crippen LogP contribution in [0, 0.1) is 5.82 Å². The van der Waals surface area contributed by atoms with Crippen LogP contribution in [0.2, 0.25) is 0 Å². The van der Waals surface area contributed by atoms with Gasteiger partial charge < -0.3 is 14.8 Å². The van der Waals surface area contributed by atoms with Gasteiger partial charge in [0.2, 0.25) is 10.0 Å². The Morgan fingerprint density at radius 3 is 2.44 bits per heavy atom. The van der Waals surface area contributed by atoms with Crippen LogP contribution in [0.25, 0.3) is 0 Å². The van der Waals surface area contributed by atoms with Crippen molar-refractivity contribution in [1.82, 2.24) is 9.62 Å². The van der Waals surface area contributed by atoms with Crippen LogP contribution in [0.3, 0.4) is 0 Å². The third kappa shape index (κ3) is 6.40. The van der Waals surface area contributed by atoms with Gasteiger partial charge in [0.15, 0.2) is 6.10 Å². The van der Waals surface area contributed by atoms with Crippen molar-refractivity contribution in [2.75, 3.05) is 33.9 Å². The Morgan fingerprint density at radius 1 is 1.28 bits per heavy atom. The summed E-state index contributed by atoms with van der Waals surface area (Å²) in [5, 5.41) is 2.49. The smallest absolute Gasteiger partial charge is 0.322 e. The van der Waals surface area contributed by atoms with Crippen LogP contribution in [-0.4, -0.2) is 64.6 Å². The maximum absolute atomic E-state index is 12.9. The van der Waals surface area contributed by atoms with E-state index in [0.29, 0.717) is 6.61 Å². The Bertz CT molecular complexity index is 692. The summed E-state index contributed by atoms with van der Waals surface area (Å²) >= 11 is 0. The standard InChI is InChI=1S/C15H21FN2O6S/c1-11(15(20)17-8-9-23-3)24-14(19)10-18(2)25(21,22)13-6-4-12(16)5-7-13/h4-7,11H,8-10H2,1-3H3,(H,17,20)/t11-/m1/s1. The van der Waals surface area contributed by atoms with Crippen molar-refractivity contribution >= 4 is 21.9 Å². The Labute approximate surface area is 146 Å². The molecular formula is C15H21FN2O6S. The van der Waals surface area contributed by atoms with E-state index in [1.807, 2.05) is 0 Å². The first kappa shape index (κ1) is 21.0. The molecule has 1 rings (SSSR count).